The Morgan fingerprint density at radius 2 is 1.34 bits per heavy atom. The maximum Gasteiger partial charge on any atom is 0.197 e. The predicted octanol–water partition coefficient (Wildman–Crippen LogP) is 6.25. The second-order valence-electron chi connectivity index (χ2n) is 11.2. The number of allylic oxidation sites excluding steroid dienone is 4. The van der Waals surface area contributed by atoms with Crippen molar-refractivity contribution in [2.24, 2.45) is 17.8 Å². The molecule has 0 saturated heterocycles. The van der Waals surface area contributed by atoms with Crippen molar-refractivity contribution in [1.29, 1.82) is 0 Å². The largest absolute Gasteiger partial charge is 0.312 e. The fraction of sp³-hybridized carbons (Fsp3) is 0.467. The van der Waals surface area contributed by atoms with Crippen molar-refractivity contribution >= 4 is 18.6 Å². The van der Waals surface area contributed by atoms with Gasteiger partial charge in [0.05, 0.1) is 0 Å². The first-order chi connectivity index (χ1) is 15.2. The molecule has 2 aromatic carbocycles. The molecule has 4 atom stereocenters. The lowest BCUT2D eigenvalue weighted by Gasteiger charge is -2.55. The third-order valence-corrected chi connectivity index (χ3v) is 14.2. The number of rotatable bonds is 5. The van der Waals surface area contributed by atoms with Gasteiger partial charge in [0.2, 0.25) is 0 Å². The van der Waals surface area contributed by atoms with Gasteiger partial charge in [-0.15, -0.1) is 0 Å². The van der Waals surface area contributed by atoms with Gasteiger partial charge in [-0.05, 0) is 81.3 Å². The van der Waals surface area contributed by atoms with Crippen molar-refractivity contribution in [2.45, 2.75) is 66.0 Å². The van der Waals surface area contributed by atoms with Crippen molar-refractivity contribution in [2.75, 3.05) is 6.54 Å². The zero-order valence-electron chi connectivity index (χ0n) is 21.1. The van der Waals surface area contributed by atoms with Crippen LogP contribution in [0.3, 0.4) is 0 Å². The molecule has 0 spiro atoms. The third kappa shape index (κ3) is 3.86. The van der Waals surface area contributed by atoms with E-state index in [2.05, 4.69) is 126 Å². The molecule has 1 saturated carbocycles. The van der Waals surface area contributed by atoms with Gasteiger partial charge in [-0.1, -0.05) is 97.8 Å². The molecule has 0 heterocycles. The summed E-state index contributed by atoms with van der Waals surface area (Å²) in [4.78, 5) is 0. The minimum Gasteiger partial charge on any atom is -0.312 e. The summed E-state index contributed by atoms with van der Waals surface area (Å²) < 4.78 is 2.94. The topological polar surface area (TPSA) is 3.24 Å². The smallest absolute Gasteiger partial charge is 0.197 e. The molecule has 0 aromatic heterocycles. The van der Waals surface area contributed by atoms with Crippen LogP contribution in [0, 0.1) is 31.6 Å². The minimum absolute atomic E-state index is 0.0861. The number of nitrogens with zero attached hydrogens (tertiary/aromatic N) is 1. The summed E-state index contributed by atoms with van der Waals surface area (Å²) in [5.41, 5.74) is 3.41. The molecular weight excluding hydrogens is 402 g/mol. The van der Waals surface area contributed by atoms with Gasteiger partial charge in [0.25, 0.3) is 0 Å². The molecule has 2 aliphatic carbocycles. The molecule has 2 heteroatoms. The molecule has 2 aliphatic rings. The fourth-order valence-corrected chi connectivity index (χ4v) is 13.7. The Hall–Kier alpha value is -1.90. The van der Waals surface area contributed by atoms with E-state index in [9.17, 15) is 0 Å². The lowest BCUT2D eigenvalue weighted by molar-refractivity contribution is 0.245. The van der Waals surface area contributed by atoms with E-state index in [0.29, 0.717) is 23.3 Å². The molecule has 0 N–H and O–H groups in total. The fourth-order valence-electron chi connectivity index (χ4n) is 6.85. The Balaban J connectivity index is 2.07. The first-order valence-electron chi connectivity index (χ1n) is 12.5. The minimum atomic E-state index is -2.35. The Kier molecular flexibility index (Phi) is 6.40. The molecule has 2 aromatic rings. The number of hydrogen-bond acceptors (Lipinski definition) is 1. The van der Waals surface area contributed by atoms with Gasteiger partial charge in [0, 0.05) is 5.54 Å². The quantitative estimate of drug-likeness (QED) is 0.494. The van der Waals surface area contributed by atoms with Crippen LogP contribution in [0.25, 0.3) is 0 Å². The monoisotopic (exact) mass is 443 g/mol. The van der Waals surface area contributed by atoms with Crippen LogP contribution in [-0.2, 0) is 0 Å². The van der Waals surface area contributed by atoms with E-state index in [0.717, 1.165) is 6.54 Å². The van der Waals surface area contributed by atoms with Gasteiger partial charge in [-0.3, -0.25) is 0 Å². The highest BCUT2D eigenvalue weighted by Gasteiger charge is 2.59. The van der Waals surface area contributed by atoms with Crippen molar-refractivity contribution in [3.63, 3.8) is 0 Å². The standard InChI is InChI=1S/C30H41NSi/c1-8-31(30(5,6)7)32(26-17-13-22(2)14-18-26,27-19-15-23(3)16-20-27)29-24(4)21-25-11-9-10-12-28(25)29/h9-20,24-25,28-29H,8,21H2,1-7H3. The predicted molar refractivity (Wildman–Crippen MR) is 142 cm³/mol. The van der Waals surface area contributed by atoms with Crippen LogP contribution in [0.15, 0.2) is 72.8 Å². The van der Waals surface area contributed by atoms with Crippen LogP contribution in [0.1, 0.15) is 52.2 Å². The van der Waals surface area contributed by atoms with E-state index in [4.69, 9.17) is 0 Å². The molecular formula is C30H41NSi. The summed E-state index contributed by atoms with van der Waals surface area (Å²) in [6.07, 6.45) is 10.9. The Bertz CT molecular complexity index is 931. The summed E-state index contributed by atoms with van der Waals surface area (Å²) in [5, 5.41) is 3.15. The van der Waals surface area contributed by atoms with E-state index in [1.54, 1.807) is 10.4 Å². The van der Waals surface area contributed by atoms with Crippen LogP contribution in [0.2, 0.25) is 5.54 Å². The van der Waals surface area contributed by atoms with Crippen LogP contribution in [0.5, 0.6) is 0 Å². The molecule has 4 unspecified atom stereocenters. The molecule has 1 fully saturated rings. The molecule has 1 nitrogen and oxygen atoms in total. The van der Waals surface area contributed by atoms with Gasteiger partial charge < -0.3 is 4.57 Å². The first-order valence-corrected chi connectivity index (χ1v) is 14.5. The van der Waals surface area contributed by atoms with Gasteiger partial charge in [-0.25, -0.2) is 0 Å². The molecule has 32 heavy (non-hydrogen) atoms. The second-order valence-corrected chi connectivity index (χ2v) is 15.1. The summed E-state index contributed by atoms with van der Waals surface area (Å²) in [6.45, 7) is 17.7. The van der Waals surface area contributed by atoms with Gasteiger partial charge in [0.1, 0.15) is 0 Å². The average molecular weight is 444 g/mol. The van der Waals surface area contributed by atoms with Crippen molar-refractivity contribution < 1.29 is 0 Å². The number of benzene rings is 2. The molecule has 170 valence electrons. The Morgan fingerprint density at radius 1 is 0.844 bits per heavy atom. The zero-order valence-corrected chi connectivity index (χ0v) is 22.1. The highest BCUT2D eigenvalue weighted by Crippen LogP contribution is 2.54. The van der Waals surface area contributed by atoms with E-state index >= 15 is 0 Å². The molecule has 4 rings (SSSR count). The van der Waals surface area contributed by atoms with Crippen molar-refractivity contribution in [3.8, 4) is 0 Å². The Morgan fingerprint density at radius 3 is 1.81 bits per heavy atom. The van der Waals surface area contributed by atoms with Crippen molar-refractivity contribution in [1.82, 2.24) is 4.57 Å². The first kappa shape index (κ1) is 23.3. The SMILES string of the molecule is CCN(C(C)(C)C)[Si](c1ccc(C)cc1)(c1ccc(C)cc1)C1C(C)CC2C=CC=CC21. The molecule has 0 aliphatic heterocycles. The maximum atomic E-state index is 2.94. The second kappa shape index (κ2) is 8.80. The summed E-state index contributed by atoms with van der Waals surface area (Å²) >= 11 is 0. The van der Waals surface area contributed by atoms with Crippen LogP contribution < -0.4 is 10.4 Å². The Labute approximate surface area is 197 Å². The van der Waals surface area contributed by atoms with E-state index in [1.807, 2.05) is 0 Å². The number of aryl methyl sites for hydroxylation is 2. The van der Waals surface area contributed by atoms with Crippen LogP contribution in [0.4, 0.5) is 0 Å². The summed E-state index contributed by atoms with van der Waals surface area (Å²) in [6, 6.07) is 19.3. The van der Waals surface area contributed by atoms with Crippen molar-refractivity contribution in [3.05, 3.63) is 84.0 Å². The molecule has 0 bridgehead atoms. The van der Waals surface area contributed by atoms with E-state index in [1.165, 1.54) is 17.5 Å². The highest BCUT2D eigenvalue weighted by molar-refractivity contribution is 7.01. The lowest BCUT2D eigenvalue weighted by atomic mass is 9.92. The van der Waals surface area contributed by atoms with Gasteiger partial charge in [0.15, 0.2) is 8.24 Å². The highest BCUT2D eigenvalue weighted by atomic mass is 28.3. The van der Waals surface area contributed by atoms with E-state index < -0.39 is 8.24 Å². The number of fused-ring (bicyclic) bond motifs is 1. The van der Waals surface area contributed by atoms with Gasteiger partial charge in [-0.2, -0.15) is 0 Å². The molecule has 0 amide bonds. The lowest BCUT2D eigenvalue weighted by Crippen LogP contribution is -2.77. The summed E-state index contributed by atoms with van der Waals surface area (Å²) in [7, 11) is -2.35. The summed E-state index contributed by atoms with van der Waals surface area (Å²) in [5.74, 6) is 1.96. The van der Waals surface area contributed by atoms with Crippen LogP contribution in [-0.4, -0.2) is 24.9 Å². The number of hydrogen-bond donors (Lipinski definition) is 0. The van der Waals surface area contributed by atoms with Gasteiger partial charge >= 0.3 is 0 Å². The molecule has 0 radical (unpaired) electrons. The maximum absolute atomic E-state index is 2.94. The van der Waals surface area contributed by atoms with Crippen LogP contribution >= 0.6 is 0 Å². The normalized spacial score (nSPS) is 25.4. The third-order valence-electron chi connectivity index (χ3n) is 7.99. The average Bonchev–Trinajstić information content (AvgIpc) is 3.08. The zero-order chi connectivity index (χ0) is 23.1. The van der Waals surface area contributed by atoms with E-state index in [-0.39, 0.29) is 5.54 Å².